The van der Waals surface area contributed by atoms with Crippen molar-refractivity contribution < 1.29 is 9.53 Å². The van der Waals surface area contributed by atoms with Gasteiger partial charge in [0.05, 0.1) is 23.5 Å². The lowest BCUT2D eigenvalue weighted by atomic mass is 10.1. The Kier molecular flexibility index (Phi) is 4.68. The van der Waals surface area contributed by atoms with E-state index in [9.17, 15) is 4.79 Å². The molecule has 0 aliphatic carbocycles. The van der Waals surface area contributed by atoms with E-state index in [1.165, 1.54) is 0 Å². The van der Waals surface area contributed by atoms with Crippen molar-refractivity contribution in [2.45, 2.75) is 18.9 Å². The number of nitrogens with one attached hydrogen (secondary N) is 2. The second-order valence-corrected chi connectivity index (χ2v) is 4.77. The van der Waals surface area contributed by atoms with Crippen LogP contribution in [-0.2, 0) is 4.74 Å². The third kappa shape index (κ3) is 3.64. The number of allylic oxidation sites excluding steroid dienone is 1. The SMILES string of the molecule is CNC(=O)c1ccc(Cl)c(NCC2CCC=CO2)c1. The van der Waals surface area contributed by atoms with E-state index in [4.69, 9.17) is 16.3 Å². The summed E-state index contributed by atoms with van der Waals surface area (Å²) in [5, 5.41) is 6.42. The molecule has 2 N–H and O–H groups in total. The molecule has 2 rings (SSSR count). The third-order valence-electron chi connectivity index (χ3n) is 3.00. The molecule has 0 aromatic heterocycles. The van der Waals surface area contributed by atoms with E-state index in [0.29, 0.717) is 17.1 Å². The van der Waals surface area contributed by atoms with Gasteiger partial charge in [-0.2, -0.15) is 0 Å². The van der Waals surface area contributed by atoms with Crippen molar-refractivity contribution >= 4 is 23.2 Å². The summed E-state index contributed by atoms with van der Waals surface area (Å²) in [6.45, 7) is 0.668. The summed E-state index contributed by atoms with van der Waals surface area (Å²) < 4.78 is 5.47. The molecule has 1 amide bonds. The molecule has 0 bridgehead atoms. The molecule has 0 saturated carbocycles. The molecule has 1 aliphatic rings. The smallest absolute Gasteiger partial charge is 0.251 e. The van der Waals surface area contributed by atoms with Gasteiger partial charge in [-0.25, -0.2) is 0 Å². The van der Waals surface area contributed by atoms with Crippen LogP contribution in [0.25, 0.3) is 0 Å². The molecule has 0 fully saturated rings. The van der Waals surface area contributed by atoms with Crippen LogP contribution in [0.15, 0.2) is 30.5 Å². The first-order valence-electron chi connectivity index (χ1n) is 6.26. The predicted octanol–water partition coefficient (Wildman–Crippen LogP) is 2.80. The molecule has 102 valence electrons. The maximum absolute atomic E-state index is 11.6. The molecular formula is C14H17ClN2O2. The summed E-state index contributed by atoms with van der Waals surface area (Å²) in [6, 6.07) is 5.17. The fourth-order valence-corrected chi connectivity index (χ4v) is 2.09. The maximum Gasteiger partial charge on any atom is 0.251 e. The van der Waals surface area contributed by atoms with Crippen molar-refractivity contribution in [3.05, 3.63) is 41.1 Å². The molecule has 1 aromatic rings. The molecular weight excluding hydrogens is 264 g/mol. The first-order valence-corrected chi connectivity index (χ1v) is 6.64. The summed E-state index contributed by atoms with van der Waals surface area (Å²) in [4.78, 5) is 11.6. The zero-order valence-electron chi connectivity index (χ0n) is 10.8. The number of carbonyl (C=O) groups excluding carboxylic acids is 1. The second-order valence-electron chi connectivity index (χ2n) is 4.36. The van der Waals surface area contributed by atoms with Crippen LogP contribution in [0, 0.1) is 0 Å². The van der Waals surface area contributed by atoms with E-state index in [2.05, 4.69) is 10.6 Å². The average Bonchev–Trinajstić information content (AvgIpc) is 2.46. The largest absolute Gasteiger partial charge is 0.497 e. The van der Waals surface area contributed by atoms with Crippen LogP contribution in [0.5, 0.6) is 0 Å². The van der Waals surface area contributed by atoms with E-state index < -0.39 is 0 Å². The zero-order chi connectivity index (χ0) is 13.7. The number of halogens is 1. The van der Waals surface area contributed by atoms with Crippen molar-refractivity contribution in [3.8, 4) is 0 Å². The Bertz CT molecular complexity index is 488. The van der Waals surface area contributed by atoms with Gasteiger partial charge in [-0.15, -0.1) is 0 Å². The number of hydrogen-bond donors (Lipinski definition) is 2. The molecule has 0 spiro atoms. The van der Waals surface area contributed by atoms with Gasteiger partial charge < -0.3 is 15.4 Å². The van der Waals surface area contributed by atoms with Crippen molar-refractivity contribution in [1.29, 1.82) is 0 Å². The Morgan fingerprint density at radius 2 is 2.37 bits per heavy atom. The number of carbonyl (C=O) groups is 1. The molecule has 1 atom stereocenters. The highest BCUT2D eigenvalue weighted by molar-refractivity contribution is 6.33. The average molecular weight is 281 g/mol. The highest BCUT2D eigenvalue weighted by Gasteiger charge is 2.12. The number of anilines is 1. The van der Waals surface area contributed by atoms with Crippen molar-refractivity contribution in [1.82, 2.24) is 5.32 Å². The molecule has 4 nitrogen and oxygen atoms in total. The molecule has 5 heteroatoms. The minimum absolute atomic E-state index is 0.128. The lowest BCUT2D eigenvalue weighted by Crippen LogP contribution is -2.23. The fourth-order valence-electron chi connectivity index (χ4n) is 1.91. The van der Waals surface area contributed by atoms with Crippen LogP contribution >= 0.6 is 11.6 Å². The van der Waals surface area contributed by atoms with E-state index in [-0.39, 0.29) is 12.0 Å². The number of benzene rings is 1. The van der Waals surface area contributed by atoms with Gasteiger partial charge in [0.25, 0.3) is 5.91 Å². The van der Waals surface area contributed by atoms with E-state index in [1.54, 1.807) is 31.5 Å². The summed E-state index contributed by atoms with van der Waals surface area (Å²) in [7, 11) is 1.60. The van der Waals surface area contributed by atoms with Crippen molar-refractivity contribution in [3.63, 3.8) is 0 Å². The number of rotatable bonds is 4. The molecule has 19 heavy (non-hydrogen) atoms. The Morgan fingerprint density at radius 3 is 3.05 bits per heavy atom. The molecule has 1 heterocycles. The van der Waals surface area contributed by atoms with Crippen LogP contribution in [-0.4, -0.2) is 25.6 Å². The van der Waals surface area contributed by atoms with Crippen LogP contribution in [0.3, 0.4) is 0 Å². The first-order chi connectivity index (χ1) is 9.20. The molecule has 1 aliphatic heterocycles. The number of hydrogen-bond acceptors (Lipinski definition) is 3. The van der Waals surface area contributed by atoms with E-state index in [0.717, 1.165) is 18.5 Å². The highest BCUT2D eigenvalue weighted by Crippen LogP contribution is 2.23. The normalized spacial score (nSPS) is 17.7. The Hall–Kier alpha value is -1.68. The van der Waals surface area contributed by atoms with Crippen molar-refractivity contribution in [2.24, 2.45) is 0 Å². The molecule has 0 radical (unpaired) electrons. The summed E-state index contributed by atoms with van der Waals surface area (Å²) in [5.74, 6) is -0.128. The lowest BCUT2D eigenvalue weighted by molar-refractivity contribution is 0.0963. The van der Waals surface area contributed by atoms with Gasteiger partial charge in [-0.1, -0.05) is 11.6 Å². The summed E-state index contributed by atoms with van der Waals surface area (Å²) >= 11 is 6.11. The Morgan fingerprint density at radius 1 is 1.53 bits per heavy atom. The molecule has 1 aromatic carbocycles. The third-order valence-corrected chi connectivity index (χ3v) is 3.33. The second kappa shape index (κ2) is 6.48. The molecule has 1 unspecified atom stereocenters. The van der Waals surface area contributed by atoms with E-state index in [1.807, 2.05) is 6.08 Å². The predicted molar refractivity (Wildman–Crippen MR) is 76.6 cm³/mol. The Labute approximate surface area is 117 Å². The molecule has 0 saturated heterocycles. The number of amides is 1. The lowest BCUT2D eigenvalue weighted by Gasteiger charge is -2.20. The minimum atomic E-state index is -0.128. The maximum atomic E-state index is 11.6. The monoisotopic (exact) mass is 280 g/mol. The first kappa shape index (κ1) is 13.7. The highest BCUT2D eigenvalue weighted by atomic mass is 35.5. The van der Waals surface area contributed by atoms with Gasteiger partial charge in [0.1, 0.15) is 6.10 Å². The quantitative estimate of drug-likeness (QED) is 0.892. The number of ether oxygens (including phenoxy) is 1. The van der Waals surface area contributed by atoms with Crippen LogP contribution in [0.4, 0.5) is 5.69 Å². The van der Waals surface area contributed by atoms with Crippen LogP contribution in [0.1, 0.15) is 23.2 Å². The van der Waals surface area contributed by atoms with Crippen LogP contribution in [0.2, 0.25) is 5.02 Å². The van der Waals surface area contributed by atoms with Gasteiger partial charge in [0.2, 0.25) is 0 Å². The van der Waals surface area contributed by atoms with E-state index >= 15 is 0 Å². The fraction of sp³-hybridized carbons (Fsp3) is 0.357. The summed E-state index contributed by atoms with van der Waals surface area (Å²) in [6.07, 6.45) is 5.90. The van der Waals surface area contributed by atoms with Gasteiger partial charge in [-0.3, -0.25) is 4.79 Å². The topological polar surface area (TPSA) is 50.4 Å². The van der Waals surface area contributed by atoms with Crippen LogP contribution < -0.4 is 10.6 Å². The van der Waals surface area contributed by atoms with Gasteiger partial charge in [0.15, 0.2) is 0 Å². The van der Waals surface area contributed by atoms with Crippen molar-refractivity contribution in [2.75, 3.05) is 18.9 Å². The van der Waals surface area contributed by atoms with Gasteiger partial charge in [0, 0.05) is 12.6 Å². The standard InChI is InChI=1S/C14H17ClN2O2/c1-16-14(18)10-5-6-12(15)13(8-10)17-9-11-4-2-3-7-19-11/h3,5-8,11,17H,2,4,9H2,1H3,(H,16,18). The minimum Gasteiger partial charge on any atom is -0.497 e. The zero-order valence-corrected chi connectivity index (χ0v) is 11.5. The Balaban J connectivity index is 2.02. The van der Waals surface area contributed by atoms with Gasteiger partial charge in [-0.05, 0) is 37.1 Å². The summed E-state index contributed by atoms with van der Waals surface area (Å²) in [5.41, 5.74) is 1.33. The van der Waals surface area contributed by atoms with Gasteiger partial charge >= 0.3 is 0 Å².